The molecule has 0 aliphatic heterocycles. The van der Waals surface area contributed by atoms with Gasteiger partial charge in [-0.25, -0.2) is 9.97 Å². The topological polar surface area (TPSA) is 98.7 Å². The van der Waals surface area contributed by atoms with Crippen molar-refractivity contribution in [2.45, 2.75) is 26.4 Å². The summed E-state index contributed by atoms with van der Waals surface area (Å²) in [4.78, 5) is 20.7. The number of aromatic nitrogens is 4. The predicted molar refractivity (Wildman–Crippen MR) is 102 cm³/mol. The van der Waals surface area contributed by atoms with Crippen molar-refractivity contribution < 1.29 is 18.0 Å². The molecule has 0 saturated heterocycles. The molecule has 1 aliphatic rings. The van der Waals surface area contributed by atoms with E-state index in [1.807, 2.05) is 20.9 Å². The Morgan fingerprint density at radius 1 is 1.31 bits per heavy atom. The third-order valence-electron chi connectivity index (χ3n) is 5.31. The third-order valence-corrected chi connectivity index (χ3v) is 5.31. The summed E-state index contributed by atoms with van der Waals surface area (Å²) in [6.07, 6.45) is -3.09. The van der Waals surface area contributed by atoms with E-state index < -0.39 is 23.9 Å². The number of nitrogens with zero attached hydrogens (tertiary/aromatic N) is 4. The molecule has 1 fully saturated rings. The van der Waals surface area contributed by atoms with Gasteiger partial charge in [0.2, 0.25) is 5.91 Å². The van der Waals surface area contributed by atoms with E-state index in [1.54, 1.807) is 16.8 Å². The molecule has 1 saturated carbocycles. The number of nitrogens with one attached hydrogen (secondary N) is 1. The molecule has 0 unspecified atom stereocenters. The second kappa shape index (κ2) is 6.43. The van der Waals surface area contributed by atoms with Crippen molar-refractivity contribution in [2.75, 3.05) is 11.1 Å². The number of carbonyl (C=O) groups excluding carboxylic acids is 1. The number of halogens is 3. The first kappa shape index (κ1) is 19.2. The van der Waals surface area contributed by atoms with Gasteiger partial charge in [-0.05, 0) is 37.8 Å². The molecule has 4 rings (SSSR count). The number of aryl methyl sites for hydroxylation is 2. The summed E-state index contributed by atoms with van der Waals surface area (Å²) in [5.74, 6) is -2.88. The van der Waals surface area contributed by atoms with E-state index in [4.69, 9.17) is 5.73 Å². The van der Waals surface area contributed by atoms with E-state index >= 15 is 0 Å². The summed E-state index contributed by atoms with van der Waals surface area (Å²) < 4.78 is 39.8. The molecule has 0 spiro atoms. The second-order valence-corrected chi connectivity index (χ2v) is 7.33. The molecular formula is C19H19F3N6O. The minimum Gasteiger partial charge on any atom is -0.383 e. The minimum absolute atomic E-state index is 0.173. The Labute approximate surface area is 164 Å². The maximum absolute atomic E-state index is 12.7. The van der Waals surface area contributed by atoms with Crippen LogP contribution < -0.4 is 11.1 Å². The van der Waals surface area contributed by atoms with Gasteiger partial charge in [0.1, 0.15) is 11.6 Å². The quantitative estimate of drug-likeness (QED) is 0.697. The van der Waals surface area contributed by atoms with Crippen LogP contribution in [0, 0.1) is 25.7 Å². The van der Waals surface area contributed by atoms with Gasteiger partial charge >= 0.3 is 6.18 Å². The molecule has 2 atom stereocenters. The van der Waals surface area contributed by atoms with Gasteiger partial charge in [0.25, 0.3) is 0 Å². The van der Waals surface area contributed by atoms with E-state index in [1.165, 1.54) is 6.20 Å². The first-order chi connectivity index (χ1) is 13.6. The Kier molecular flexibility index (Phi) is 4.25. The highest BCUT2D eigenvalue weighted by molar-refractivity contribution is 5.98. The number of fused-ring (bicyclic) bond motifs is 1. The standard InChI is InChI=1S/C19H19F3N6O/c1-8-16(9(2)28(3)27-8)14-4-10-5-15(24-7-12(10)17(23)25-14)26-18(29)11-6-13(11)19(20,21)22/h4-5,7,11,13H,6H2,1-3H3,(H2,23,25)(H,24,26,29)/t11-,13-/m1/s1. The van der Waals surface area contributed by atoms with Crippen LogP contribution in [-0.2, 0) is 11.8 Å². The average Bonchev–Trinajstić information content (AvgIpc) is 3.38. The molecule has 1 amide bonds. The summed E-state index contributed by atoms with van der Waals surface area (Å²) >= 11 is 0. The van der Waals surface area contributed by atoms with Gasteiger partial charge in [-0.1, -0.05) is 0 Å². The van der Waals surface area contributed by atoms with Crippen LogP contribution in [0.15, 0.2) is 18.3 Å². The van der Waals surface area contributed by atoms with E-state index in [2.05, 4.69) is 20.4 Å². The van der Waals surface area contributed by atoms with Gasteiger partial charge in [-0.15, -0.1) is 0 Å². The number of rotatable bonds is 3. The predicted octanol–water partition coefficient (Wildman–Crippen LogP) is 3.37. The van der Waals surface area contributed by atoms with Gasteiger partial charge < -0.3 is 11.1 Å². The third kappa shape index (κ3) is 3.39. The Morgan fingerprint density at radius 2 is 2.03 bits per heavy atom. The van der Waals surface area contributed by atoms with Crippen molar-refractivity contribution >= 4 is 28.3 Å². The van der Waals surface area contributed by atoms with Crippen LogP contribution in [0.2, 0.25) is 0 Å². The molecule has 3 aromatic rings. The molecule has 3 heterocycles. The number of alkyl halides is 3. The molecule has 0 bridgehead atoms. The lowest BCUT2D eigenvalue weighted by molar-refractivity contribution is -0.153. The van der Waals surface area contributed by atoms with Crippen LogP contribution in [0.4, 0.5) is 24.8 Å². The number of nitrogen functional groups attached to an aromatic ring is 1. The van der Waals surface area contributed by atoms with Crippen molar-refractivity contribution in [1.82, 2.24) is 19.7 Å². The van der Waals surface area contributed by atoms with Crippen molar-refractivity contribution in [2.24, 2.45) is 18.9 Å². The van der Waals surface area contributed by atoms with Gasteiger partial charge in [-0.2, -0.15) is 18.3 Å². The summed E-state index contributed by atoms with van der Waals surface area (Å²) in [6.45, 7) is 3.79. The summed E-state index contributed by atoms with van der Waals surface area (Å²) in [5, 5.41) is 8.12. The molecule has 0 aromatic carbocycles. The maximum atomic E-state index is 12.7. The smallest absolute Gasteiger partial charge is 0.383 e. The molecule has 10 heteroatoms. The number of hydrogen-bond donors (Lipinski definition) is 2. The zero-order valence-corrected chi connectivity index (χ0v) is 16.0. The Morgan fingerprint density at radius 3 is 2.62 bits per heavy atom. The molecule has 7 nitrogen and oxygen atoms in total. The fourth-order valence-corrected chi connectivity index (χ4v) is 3.58. The monoisotopic (exact) mass is 404 g/mol. The largest absolute Gasteiger partial charge is 0.392 e. The number of nitrogens with two attached hydrogens (primary N) is 1. The normalized spacial score (nSPS) is 18.8. The van der Waals surface area contributed by atoms with Crippen LogP contribution in [0.25, 0.3) is 22.0 Å². The van der Waals surface area contributed by atoms with E-state index in [9.17, 15) is 18.0 Å². The van der Waals surface area contributed by atoms with Crippen LogP contribution in [0.5, 0.6) is 0 Å². The van der Waals surface area contributed by atoms with Crippen molar-refractivity contribution in [1.29, 1.82) is 0 Å². The van der Waals surface area contributed by atoms with Gasteiger partial charge in [0.05, 0.1) is 23.2 Å². The van der Waals surface area contributed by atoms with Crippen LogP contribution in [0.1, 0.15) is 17.8 Å². The van der Waals surface area contributed by atoms with Crippen LogP contribution >= 0.6 is 0 Å². The van der Waals surface area contributed by atoms with E-state index in [-0.39, 0.29) is 18.1 Å². The second-order valence-electron chi connectivity index (χ2n) is 7.33. The SMILES string of the molecule is Cc1nn(C)c(C)c1-c1cc2cc(NC(=O)[C@@H]3C[C@H]3C(F)(F)F)ncc2c(N)n1. The number of amides is 1. The average molecular weight is 404 g/mol. The first-order valence-electron chi connectivity index (χ1n) is 9.00. The van der Waals surface area contributed by atoms with Crippen molar-refractivity contribution in [3.05, 3.63) is 29.7 Å². The fourth-order valence-electron chi connectivity index (χ4n) is 3.58. The molecule has 1 aliphatic carbocycles. The maximum Gasteiger partial charge on any atom is 0.392 e. The molecular weight excluding hydrogens is 385 g/mol. The summed E-state index contributed by atoms with van der Waals surface area (Å²) in [5.41, 5.74) is 9.28. The van der Waals surface area contributed by atoms with Crippen LogP contribution in [0.3, 0.4) is 0 Å². The summed E-state index contributed by atoms with van der Waals surface area (Å²) in [7, 11) is 1.83. The molecule has 152 valence electrons. The van der Waals surface area contributed by atoms with Crippen molar-refractivity contribution in [3.63, 3.8) is 0 Å². The van der Waals surface area contributed by atoms with Gasteiger partial charge in [0.15, 0.2) is 0 Å². The minimum atomic E-state index is -4.35. The Bertz CT molecular complexity index is 1140. The number of carbonyl (C=O) groups is 1. The highest BCUT2D eigenvalue weighted by Gasteiger charge is 2.58. The highest BCUT2D eigenvalue weighted by Crippen LogP contribution is 2.50. The van der Waals surface area contributed by atoms with Gasteiger partial charge in [0, 0.05) is 29.9 Å². The van der Waals surface area contributed by atoms with Crippen molar-refractivity contribution in [3.8, 4) is 11.3 Å². The zero-order valence-electron chi connectivity index (χ0n) is 16.0. The zero-order chi connectivity index (χ0) is 21.1. The lowest BCUT2D eigenvalue weighted by Gasteiger charge is -2.10. The molecule has 0 radical (unpaired) electrons. The highest BCUT2D eigenvalue weighted by atomic mass is 19.4. The van der Waals surface area contributed by atoms with E-state index in [0.29, 0.717) is 16.5 Å². The number of pyridine rings is 2. The Balaban J connectivity index is 1.66. The summed E-state index contributed by atoms with van der Waals surface area (Å²) in [6, 6.07) is 3.39. The molecule has 29 heavy (non-hydrogen) atoms. The van der Waals surface area contributed by atoms with Gasteiger partial charge in [-0.3, -0.25) is 9.48 Å². The number of hydrogen-bond acceptors (Lipinski definition) is 5. The molecule has 3 aromatic heterocycles. The van der Waals surface area contributed by atoms with Crippen LogP contribution in [-0.4, -0.2) is 31.8 Å². The number of anilines is 2. The Hall–Kier alpha value is -3.17. The first-order valence-corrected chi connectivity index (χ1v) is 9.00. The fraction of sp³-hybridized carbons (Fsp3) is 0.368. The van der Waals surface area contributed by atoms with E-state index in [0.717, 1.165) is 17.0 Å². The molecule has 3 N–H and O–H groups in total. The lowest BCUT2D eigenvalue weighted by Crippen LogP contribution is -2.20. The lowest BCUT2D eigenvalue weighted by atomic mass is 10.1.